The Bertz CT molecular complexity index is 826. The highest BCUT2D eigenvalue weighted by Crippen LogP contribution is 2.34. The van der Waals surface area contributed by atoms with Crippen LogP contribution < -0.4 is 14.8 Å². The fourth-order valence-corrected chi connectivity index (χ4v) is 2.72. The second-order valence-corrected chi connectivity index (χ2v) is 5.48. The van der Waals surface area contributed by atoms with Gasteiger partial charge in [-0.2, -0.15) is 0 Å². The Kier molecular flexibility index (Phi) is 3.39. The molecule has 1 N–H and O–H groups in total. The molecule has 0 atom stereocenters. The van der Waals surface area contributed by atoms with Crippen LogP contribution in [0.5, 0.6) is 11.5 Å². The van der Waals surface area contributed by atoms with Crippen molar-refractivity contribution < 1.29 is 14.3 Å². The Morgan fingerprint density at radius 3 is 2.57 bits per heavy atom. The number of carbonyl (C=O) groups is 1. The lowest BCUT2D eigenvalue weighted by Gasteiger charge is -2.11. The SMILES string of the molecule is O=C(Nc1cccc(-c2csnn2)c1)C1Oc2ccccc2O1. The molecule has 6 nitrogen and oxygen atoms in total. The molecule has 0 aliphatic carbocycles. The predicted molar refractivity (Wildman–Crippen MR) is 85.5 cm³/mol. The molecule has 3 aromatic rings. The number of fused-ring (bicyclic) bond motifs is 1. The Balaban J connectivity index is 1.49. The van der Waals surface area contributed by atoms with Crippen molar-refractivity contribution in [3.05, 3.63) is 53.9 Å². The van der Waals surface area contributed by atoms with E-state index >= 15 is 0 Å². The number of ether oxygens (including phenoxy) is 2. The Hall–Kier alpha value is -2.93. The standard InChI is InChI=1S/C16H11N3O3S/c20-15(16-21-13-6-1-2-7-14(13)22-16)17-11-5-3-4-10(8-11)12-9-23-19-18-12/h1-9,16H,(H,17,20). The van der Waals surface area contributed by atoms with Gasteiger partial charge in [-0.25, -0.2) is 0 Å². The van der Waals surface area contributed by atoms with E-state index in [0.29, 0.717) is 17.2 Å². The minimum absolute atomic E-state index is 0.366. The molecule has 0 fully saturated rings. The molecule has 0 saturated carbocycles. The molecule has 1 aliphatic rings. The average molecular weight is 325 g/mol. The van der Waals surface area contributed by atoms with Crippen LogP contribution >= 0.6 is 11.5 Å². The van der Waals surface area contributed by atoms with Gasteiger partial charge in [-0.1, -0.05) is 28.8 Å². The number of para-hydroxylation sites is 2. The van der Waals surface area contributed by atoms with E-state index in [-0.39, 0.29) is 5.91 Å². The summed E-state index contributed by atoms with van der Waals surface area (Å²) < 4.78 is 14.8. The summed E-state index contributed by atoms with van der Waals surface area (Å²) in [5, 5.41) is 8.65. The van der Waals surface area contributed by atoms with Gasteiger partial charge in [-0.05, 0) is 35.8 Å². The predicted octanol–water partition coefficient (Wildman–Crippen LogP) is 2.94. The highest BCUT2D eigenvalue weighted by atomic mass is 32.1. The van der Waals surface area contributed by atoms with E-state index in [1.807, 2.05) is 35.7 Å². The highest BCUT2D eigenvalue weighted by Gasteiger charge is 2.30. The summed E-state index contributed by atoms with van der Waals surface area (Å²) in [6.45, 7) is 0. The number of rotatable bonds is 3. The topological polar surface area (TPSA) is 73.3 Å². The summed E-state index contributed by atoms with van der Waals surface area (Å²) >= 11 is 1.28. The van der Waals surface area contributed by atoms with Crippen molar-refractivity contribution in [2.24, 2.45) is 0 Å². The summed E-state index contributed by atoms with van der Waals surface area (Å²) in [5.74, 6) is 0.764. The van der Waals surface area contributed by atoms with Crippen molar-refractivity contribution in [1.82, 2.24) is 9.59 Å². The van der Waals surface area contributed by atoms with Gasteiger partial charge in [0, 0.05) is 16.6 Å². The molecule has 2 aromatic carbocycles. The molecule has 4 rings (SSSR count). The molecule has 7 heteroatoms. The quantitative estimate of drug-likeness (QED) is 0.801. The molecule has 114 valence electrons. The molecule has 23 heavy (non-hydrogen) atoms. The van der Waals surface area contributed by atoms with Gasteiger partial charge in [0.15, 0.2) is 11.5 Å². The number of nitrogens with one attached hydrogen (secondary N) is 1. The van der Waals surface area contributed by atoms with Crippen LogP contribution in [0.1, 0.15) is 0 Å². The van der Waals surface area contributed by atoms with Crippen molar-refractivity contribution in [3.8, 4) is 22.8 Å². The lowest BCUT2D eigenvalue weighted by Crippen LogP contribution is -2.34. The van der Waals surface area contributed by atoms with E-state index in [0.717, 1.165) is 11.3 Å². The van der Waals surface area contributed by atoms with E-state index in [2.05, 4.69) is 14.9 Å². The highest BCUT2D eigenvalue weighted by molar-refractivity contribution is 7.03. The number of carbonyl (C=O) groups excluding carboxylic acids is 1. The number of hydrogen-bond donors (Lipinski definition) is 1. The molecule has 1 aliphatic heterocycles. The molecule has 0 radical (unpaired) electrons. The summed E-state index contributed by atoms with van der Waals surface area (Å²) in [7, 11) is 0. The van der Waals surface area contributed by atoms with Gasteiger partial charge in [0.05, 0.1) is 0 Å². The lowest BCUT2D eigenvalue weighted by atomic mass is 10.1. The van der Waals surface area contributed by atoms with Crippen LogP contribution in [0, 0.1) is 0 Å². The largest absolute Gasteiger partial charge is 0.442 e. The fraction of sp³-hybridized carbons (Fsp3) is 0.0625. The van der Waals surface area contributed by atoms with E-state index in [1.54, 1.807) is 18.2 Å². The van der Waals surface area contributed by atoms with Crippen molar-refractivity contribution in [2.45, 2.75) is 6.29 Å². The minimum atomic E-state index is -0.989. The Morgan fingerprint density at radius 2 is 1.87 bits per heavy atom. The monoisotopic (exact) mass is 325 g/mol. The first-order valence-electron chi connectivity index (χ1n) is 6.90. The van der Waals surface area contributed by atoms with Gasteiger partial charge in [-0.3, -0.25) is 4.79 Å². The van der Waals surface area contributed by atoms with Crippen molar-refractivity contribution in [1.29, 1.82) is 0 Å². The van der Waals surface area contributed by atoms with Gasteiger partial charge in [-0.15, -0.1) is 5.10 Å². The van der Waals surface area contributed by atoms with Gasteiger partial charge in [0.2, 0.25) is 0 Å². The fourth-order valence-electron chi connectivity index (χ4n) is 2.25. The summed E-state index contributed by atoms with van der Waals surface area (Å²) in [6.07, 6.45) is -0.989. The van der Waals surface area contributed by atoms with Crippen LogP contribution in [-0.2, 0) is 4.79 Å². The molecule has 0 unspecified atom stereocenters. The maximum absolute atomic E-state index is 12.3. The third-order valence-corrected chi connectivity index (χ3v) is 3.82. The zero-order valence-corrected chi connectivity index (χ0v) is 12.6. The molecule has 0 bridgehead atoms. The normalized spacial score (nSPS) is 13.0. The van der Waals surface area contributed by atoms with Crippen LogP contribution in [0.3, 0.4) is 0 Å². The second kappa shape index (κ2) is 5.69. The summed E-state index contributed by atoms with van der Waals surface area (Å²) in [5.41, 5.74) is 2.30. The summed E-state index contributed by atoms with van der Waals surface area (Å²) in [6, 6.07) is 14.6. The molecular weight excluding hydrogens is 314 g/mol. The van der Waals surface area contributed by atoms with E-state index in [1.165, 1.54) is 11.5 Å². The van der Waals surface area contributed by atoms with E-state index < -0.39 is 6.29 Å². The minimum Gasteiger partial charge on any atom is -0.442 e. The van der Waals surface area contributed by atoms with Gasteiger partial charge < -0.3 is 14.8 Å². The van der Waals surface area contributed by atoms with Crippen LogP contribution in [0.2, 0.25) is 0 Å². The number of aromatic nitrogens is 2. The maximum atomic E-state index is 12.3. The Labute approximate surface area is 135 Å². The molecule has 1 amide bonds. The number of anilines is 1. The first-order chi connectivity index (χ1) is 11.3. The third kappa shape index (κ3) is 2.74. The lowest BCUT2D eigenvalue weighted by molar-refractivity contribution is -0.131. The van der Waals surface area contributed by atoms with Gasteiger partial charge >= 0.3 is 12.2 Å². The summed E-state index contributed by atoms with van der Waals surface area (Å²) in [4.78, 5) is 12.3. The van der Waals surface area contributed by atoms with Crippen molar-refractivity contribution in [2.75, 3.05) is 5.32 Å². The smallest absolute Gasteiger partial charge is 0.322 e. The third-order valence-electron chi connectivity index (χ3n) is 3.32. The van der Waals surface area contributed by atoms with Crippen LogP contribution in [0.4, 0.5) is 5.69 Å². The number of amides is 1. The molecule has 1 aromatic heterocycles. The average Bonchev–Trinajstić information content (AvgIpc) is 3.24. The number of hydrogen-bond acceptors (Lipinski definition) is 6. The van der Waals surface area contributed by atoms with E-state index in [9.17, 15) is 4.79 Å². The van der Waals surface area contributed by atoms with Gasteiger partial charge in [0.1, 0.15) is 5.69 Å². The number of nitrogens with zero attached hydrogens (tertiary/aromatic N) is 2. The first-order valence-corrected chi connectivity index (χ1v) is 7.74. The Morgan fingerprint density at radius 1 is 1.09 bits per heavy atom. The van der Waals surface area contributed by atoms with Crippen LogP contribution in [0.25, 0.3) is 11.3 Å². The molecule has 0 spiro atoms. The molecule has 2 heterocycles. The maximum Gasteiger partial charge on any atom is 0.322 e. The van der Waals surface area contributed by atoms with E-state index in [4.69, 9.17) is 9.47 Å². The second-order valence-electron chi connectivity index (χ2n) is 4.87. The zero-order chi connectivity index (χ0) is 15.6. The molecule has 0 saturated heterocycles. The number of benzene rings is 2. The van der Waals surface area contributed by atoms with Crippen molar-refractivity contribution >= 4 is 23.1 Å². The van der Waals surface area contributed by atoms with Gasteiger partial charge in [0.25, 0.3) is 0 Å². The molecular formula is C16H11N3O3S. The zero-order valence-electron chi connectivity index (χ0n) is 11.8. The van der Waals surface area contributed by atoms with Crippen LogP contribution in [0.15, 0.2) is 53.9 Å². The van der Waals surface area contributed by atoms with Crippen molar-refractivity contribution in [3.63, 3.8) is 0 Å². The first kappa shape index (κ1) is 13.7. The van der Waals surface area contributed by atoms with Crippen LogP contribution in [-0.4, -0.2) is 21.8 Å².